The normalized spacial score (nSPS) is 11.8. The molecule has 218 valence electrons. The van der Waals surface area contributed by atoms with E-state index in [0.717, 1.165) is 33.2 Å². The van der Waals surface area contributed by atoms with Crippen molar-refractivity contribution in [2.45, 2.75) is 0 Å². The molecule has 10 aromatic rings. The van der Waals surface area contributed by atoms with Crippen molar-refractivity contribution in [3.8, 4) is 28.3 Å². The van der Waals surface area contributed by atoms with Gasteiger partial charge in [-0.3, -0.25) is 4.57 Å². The largest absolute Gasteiger partial charge is 0.278 e. The maximum absolute atomic E-state index is 5.34. The van der Waals surface area contributed by atoms with Gasteiger partial charge in [0.25, 0.3) is 0 Å². The standard InChI is InChI=1S/C44H27N3/c1-2-10-28(11-3-1)29-18-22-32(23-19-29)43-36-14-6-8-16-38(36)45-44(46-43)47-39-17-9-7-15-37(39)42-35-25-24-31-21-20-30-12-4-5-13-33(30)41(31)34(35)26-27-40(42)47/h1-27H. The zero-order chi connectivity index (χ0) is 30.9. The molecule has 0 unspecified atom stereocenters. The maximum atomic E-state index is 5.34. The summed E-state index contributed by atoms with van der Waals surface area (Å²) in [4.78, 5) is 10.5. The Kier molecular flexibility index (Phi) is 5.57. The van der Waals surface area contributed by atoms with E-state index in [2.05, 4.69) is 162 Å². The van der Waals surface area contributed by atoms with Gasteiger partial charge in [-0.1, -0.05) is 146 Å². The van der Waals surface area contributed by atoms with Crippen LogP contribution in [0.25, 0.3) is 93.4 Å². The number of nitrogens with zero attached hydrogens (tertiary/aromatic N) is 3. The summed E-state index contributed by atoms with van der Waals surface area (Å²) in [5.41, 5.74) is 7.48. The van der Waals surface area contributed by atoms with Crippen LogP contribution in [0.3, 0.4) is 0 Å². The fourth-order valence-electron chi connectivity index (χ4n) is 7.43. The molecule has 0 aliphatic heterocycles. The second-order valence-electron chi connectivity index (χ2n) is 12.2. The van der Waals surface area contributed by atoms with Gasteiger partial charge in [-0.15, -0.1) is 0 Å². The van der Waals surface area contributed by atoms with Gasteiger partial charge in [0.2, 0.25) is 5.95 Å². The van der Waals surface area contributed by atoms with Gasteiger partial charge in [-0.05, 0) is 61.6 Å². The molecule has 0 radical (unpaired) electrons. The highest BCUT2D eigenvalue weighted by Gasteiger charge is 2.19. The van der Waals surface area contributed by atoms with E-state index in [1.165, 1.54) is 54.2 Å². The molecular formula is C44H27N3. The van der Waals surface area contributed by atoms with E-state index in [-0.39, 0.29) is 0 Å². The van der Waals surface area contributed by atoms with Gasteiger partial charge in [-0.2, -0.15) is 0 Å². The van der Waals surface area contributed by atoms with Gasteiger partial charge >= 0.3 is 0 Å². The van der Waals surface area contributed by atoms with Gasteiger partial charge in [0, 0.05) is 21.7 Å². The minimum absolute atomic E-state index is 0.669. The lowest BCUT2D eigenvalue weighted by Crippen LogP contribution is -2.03. The first-order valence-corrected chi connectivity index (χ1v) is 16.0. The second kappa shape index (κ2) is 10.1. The molecule has 0 saturated heterocycles. The minimum atomic E-state index is 0.669. The number of hydrogen-bond acceptors (Lipinski definition) is 2. The van der Waals surface area contributed by atoms with Gasteiger partial charge < -0.3 is 0 Å². The Labute approximate surface area is 271 Å². The van der Waals surface area contributed by atoms with E-state index in [1.807, 2.05) is 6.07 Å². The first-order valence-electron chi connectivity index (χ1n) is 16.0. The SMILES string of the molecule is c1ccc(-c2ccc(-c3nc(-n4c5ccccc5c5c6ccc7ccc8ccccc8c7c6ccc54)nc4ccccc34)cc2)cc1. The van der Waals surface area contributed by atoms with Gasteiger partial charge in [0.05, 0.1) is 22.2 Å². The van der Waals surface area contributed by atoms with Crippen LogP contribution in [0.15, 0.2) is 164 Å². The Bertz CT molecular complexity index is 2830. The fraction of sp³-hybridized carbons (Fsp3) is 0. The van der Waals surface area contributed by atoms with E-state index < -0.39 is 0 Å². The van der Waals surface area contributed by atoms with Crippen LogP contribution in [-0.2, 0) is 0 Å². The van der Waals surface area contributed by atoms with Gasteiger partial charge in [0.15, 0.2) is 0 Å². The van der Waals surface area contributed by atoms with E-state index in [4.69, 9.17) is 9.97 Å². The molecule has 0 aliphatic rings. The maximum Gasteiger partial charge on any atom is 0.235 e. The molecule has 0 aliphatic carbocycles. The number of rotatable bonds is 3. The first-order chi connectivity index (χ1) is 23.3. The molecule has 2 aromatic heterocycles. The van der Waals surface area contributed by atoms with Crippen molar-refractivity contribution in [1.82, 2.24) is 14.5 Å². The predicted molar refractivity (Wildman–Crippen MR) is 197 cm³/mol. The van der Waals surface area contributed by atoms with Gasteiger partial charge in [0.1, 0.15) is 0 Å². The number of para-hydroxylation sites is 2. The molecule has 0 N–H and O–H groups in total. The average Bonchev–Trinajstić information content (AvgIpc) is 3.49. The van der Waals surface area contributed by atoms with Crippen LogP contribution in [0.5, 0.6) is 0 Å². The van der Waals surface area contributed by atoms with Crippen LogP contribution in [0.1, 0.15) is 0 Å². The van der Waals surface area contributed by atoms with E-state index in [1.54, 1.807) is 0 Å². The highest BCUT2D eigenvalue weighted by atomic mass is 15.2. The van der Waals surface area contributed by atoms with E-state index >= 15 is 0 Å². The van der Waals surface area contributed by atoms with Crippen LogP contribution in [0, 0.1) is 0 Å². The van der Waals surface area contributed by atoms with Crippen LogP contribution >= 0.6 is 0 Å². The Morgan fingerprint density at radius 1 is 0.340 bits per heavy atom. The molecular weight excluding hydrogens is 571 g/mol. The Hall–Kier alpha value is -6.32. The molecule has 3 heteroatoms. The molecule has 3 nitrogen and oxygen atoms in total. The van der Waals surface area contributed by atoms with Crippen LogP contribution < -0.4 is 0 Å². The van der Waals surface area contributed by atoms with E-state index in [0.29, 0.717) is 5.95 Å². The molecule has 8 aromatic carbocycles. The summed E-state index contributed by atoms with van der Waals surface area (Å²) in [5, 5.41) is 11.0. The summed E-state index contributed by atoms with van der Waals surface area (Å²) < 4.78 is 2.24. The zero-order valence-electron chi connectivity index (χ0n) is 25.4. The molecule has 0 fully saturated rings. The summed E-state index contributed by atoms with van der Waals surface area (Å²) in [5.74, 6) is 0.669. The summed E-state index contributed by atoms with van der Waals surface area (Å²) >= 11 is 0. The highest BCUT2D eigenvalue weighted by molar-refractivity contribution is 6.29. The third-order valence-corrected chi connectivity index (χ3v) is 9.60. The minimum Gasteiger partial charge on any atom is -0.278 e. The number of benzene rings is 8. The summed E-state index contributed by atoms with van der Waals surface area (Å²) in [6.45, 7) is 0. The molecule has 0 saturated carbocycles. The van der Waals surface area contributed by atoms with Crippen molar-refractivity contribution in [2.75, 3.05) is 0 Å². The molecule has 10 rings (SSSR count). The number of fused-ring (bicyclic) bond motifs is 10. The molecule has 47 heavy (non-hydrogen) atoms. The van der Waals surface area contributed by atoms with Crippen LogP contribution in [0.4, 0.5) is 0 Å². The number of hydrogen-bond donors (Lipinski definition) is 0. The molecule has 2 heterocycles. The lowest BCUT2D eigenvalue weighted by Gasteiger charge is -2.13. The average molecular weight is 598 g/mol. The number of aromatic nitrogens is 3. The first kappa shape index (κ1) is 26.0. The monoisotopic (exact) mass is 597 g/mol. The van der Waals surface area contributed by atoms with Crippen LogP contribution in [0.2, 0.25) is 0 Å². The van der Waals surface area contributed by atoms with Crippen molar-refractivity contribution < 1.29 is 0 Å². The predicted octanol–water partition coefficient (Wildman–Crippen LogP) is 11.5. The lowest BCUT2D eigenvalue weighted by atomic mass is 9.94. The van der Waals surface area contributed by atoms with Crippen molar-refractivity contribution in [3.05, 3.63) is 164 Å². The van der Waals surface area contributed by atoms with E-state index in [9.17, 15) is 0 Å². The molecule has 0 amide bonds. The molecule has 0 bridgehead atoms. The Morgan fingerprint density at radius 3 is 1.83 bits per heavy atom. The zero-order valence-corrected chi connectivity index (χ0v) is 25.4. The summed E-state index contributed by atoms with van der Waals surface area (Å²) in [6.07, 6.45) is 0. The topological polar surface area (TPSA) is 30.7 Å². The summed E-state index contributed by atoms with van der Waals surface area (Å²) in [7, 11) is 0. The Balaban J connectivity index is 1.25. The highest BCUT2D eigenvalue weighted by Crippen LogP contribution is 2.41. The fourth-order valence-corrected chi connectivity index (χ4v) is 7.43. The summed E-state index contributed by atoms with van der Waals surface area (Å²) in [6, 6.07) is 58.4. The molecule has 0 atom stereocenters. The van der Waals surface area contributed by atoms with Crippen molar-refractivity contribution >= 4 is 65.0 Å². The van der Waals surface area contributed by atoms with Crippen molar-refractivity contribution in [1.29, 1.82) is 0 Å². The van der Waals surface area contributed by atoms with Crippen LogP contribution in [-0.4, -0.2) is 14.5 Å². The Morgan fingerprint density at radius 2 is 0.957 bits per heavy atom. The molecule has 0 spiro atoms. The second-order valence-corrected chi connectivity index (χ2v) is 12.2. The van der Waals surface area contributed by atoms with Crippen molar-refractivity contribution in [3.63, 3.8) is 0 Å². The van der Waals surface area contributed by atoms with Gasteiger partial charge in [-0.25, -0.2) is 9.97 Å². The third kappa shape index (κ3) is 3.93. The van der Waals surface area contributed by atoms with Crippen molar-refractivity contribution in [2.24, 2.45) is 0 Å². The lowest BCUT2D eigenvalue weighted by molar-refractivity contribution is 1.01. The quantitative estimate of drug-likeness (QED) is 0.190. The smallest absolute Gasteiger partial charge is 0.235 e. The third-order valence-electron chi connectivity index (χ3n) is 9.60.